The molecule has 0 fully saturated rings. The van der Waals surface area contributed by atoms with E-state index in [-0.39, 0.29) is 12.1 Å². The number of nitrogens with one attached hydrogen (secondary N) is 2. The summed E-state index contributed by atoms with van der Waals surface area (Å²) in [5.74, 6) is -0.390. The number of aryl methyl sites for hydroxylation is 1. The van der Waals surface area contributed by atoms with Gasteiger partial charge < -0.3 is 15.2 Å². The van der Waals surface area contributed by atoms with Gasteiger partial charge in [0.2, 0.25) is 0 Å². The zero-order valence-corrected chi connectivity index (χ0v) is 13.5. The molecule has 0 aliphatic carbocycles. The summed E-state index contributed by atoms with van der Waals surface area (Å²) < 4.78 is 1.77. The molecule has 2 aromatic rings. The molecule has 22 heavy (non-hydrogen) atoms. The van der Waals surface area contributed by atoms with E-state index in [2.05, 4.69) is 15.6 Å². The van der Waals surface area contributed by atoms with Gasteiger partial charge in [0.1, 0.15) is 0 Å². The van der Waals surface area contributed by atoms with E-state index < -0.39 is 5.91 Å². The third kappa shape index (κ3) is 4.05. The van der Waals surface area contributed by atoms with E-state index in [4.69, 9.17) is 0 Å². The Morgan fingerprint density at radius 2 is 2.00 bits per heavy atom. The lowest BCUT2D eigenvalue weighted by Crippen LogP contribution is -2.34. The highest BCUT2D eigenvalue weighted by atomic mass is 32.1. The minimum Gasteiger partial charge on any atom is -0.336 e. The molecule has 0 radical (unpaired) electrons. The SMILES string of the molecule is CC(C)NC(=O)Nc1ccccc1C(=O)N=c1sccn1C. The Kier molecular flexibility index (Phi) is 5.11. The standard InChI is InChI=1S/C15H18N4O2S/c1-10(2)16-14(21)17-12-7-5-4-6-11(12)13(20)18-15-19(3)8-9-22-15/h4-10H,1-3H3,(H2,16,17,21). The lowest BCUT2D eigenvalue weighted by Gasteiger charge is -2.11. The van der Waals surface area contributed by atoms with Crippen molar-refractivity contribution >= 4 is 29.0 Å². The summed E-state index contributed by atoms with van der Waals surface area (Å²) in [6, 6.07) is 6.48. The number of carbonyl (C=O) groups is 2. The predicted molar refractivity (Wildman–Crippen MR) is 86.9 cm³/mol. The Labute approximate surface area is 132 Å². The van der Waals surface area contributed by atoms with Crippen molar-refractivity contribution < 1.29 is 9.59 Å². The highest BCUT2D eigenvalue weighted by Gasteiger charge is 2.13. The number of aromatic nitrogens is 1. The van der Waals surface area contributed by atoms with Crippen LogP contribution in [0.5, 0.6) is 0 Å². The Morgan fingerprint density at radius 1 is 1.27 bits per heavy atom. The molecule has 0 bridgehead atoms. The lowest BCUT2D eigenvalue weighted by atomic mass is 10.1. The zero-order valence-electron chi connectivity index (χ0n) is 12.7. The number of nitrogens with zero attached hydrogens (tertiary/aromatic N) is 2. The van der Waals surface area contributed by atoms with Crippen LogP contribution in [0.3, 0.4) is 0 Å². The number of carbonyl (C=O) groups excluding carboxylic acids is 2. The van der Waals surface area contributed by atoms with Crippen molar-refractivity contribution in [2.24, 2.45) is 12.0 Å². The van der Waals surface area contributed by atoms with Crippen LogP contribution in [0.1, 0.15) is 24.2 Å². The number of benzene rings is 1. The number of amides is 3. The van der Waals surface area contributed by atoms with Gasteiger partial charge in [-0.2, -0.15) is 4.99 Å². The van der Waals surface area contributed by atoms with Gasteiger partial charge in [-0.25, -0.2) is 4.79 Å². The molecule has 0 aliphatic rings. The van der Waals surface area contributed by atoms with E-state index in [1.807, 2.05) is 32.5 Å². The normalized spacial score (nSPS) is 11.5. The maximum Gasteiger partial charge on any atom is 0.319 e. The van der Waals surface area contributed by atoms with Crippen molar-refractivity contribution in [2.45, 2.75) is 19.9 Å². The van der Waals surface area contributed by atoms with Gasteiger partial charge >= 0.3 is 6.03 Å². The molecule has 2 rings (SSSR count). The van der Waals surface area contributed by atoms with Crippen LogP contribution in [-0.4, -0.2) is 22.5 Å². The van der Waals surface area contributed by atoms with Crippen LogP contribution in [0.25, 0.3) is 0 Å². The van der Waals surface area contributed by atoms with E-state index in [0.29, 0.717) is 16.1 Å². The quantitative estimate of drug-likeness (QED) is 0.911. The summed E-state index contributed by atoms with van der Waals surface area (Å²) in [5, 5.41) is 7.25. The summed E-state index contributed by atoms with van der Waals surface area (Å²) in [5.41, 5.74) is 0.795. The number of hydrogen-bond acceptors (Lipinski definition) is 3. The molecule has 0 atom stereocenters. The van der Waals surface area contributed by atoms with E-state index in [1.165, 1.54) is 11.3 Å². The molecule has 3 amide bonds. The number of rotatable bonds is 3. The first kappa shape index (κ1) is 16.0. The summed E-state index contributed by atoms with van der Waals surface area (Å²) >= 11 is 1.38. The number of para-hydroxylation sites is 1. The zero-order chi connectivity index (χ0) is 16.1. The smallest absolute Gasteiger partial charge is 0.319 e. The van der Waals surface area contributed by atoms with Gasteiger partial charge in [-0.05, 0) is 26.0 Å². The first-order chi connectivity index (χ1) is 10.5. The molecular formula is C15H18N4O2S. The van der Waals surface area contributed by atoms with Gasteiger partial charge in [0.15, 0.2) is 4.80 Å². The third-order valence-corrected chi connectivity index (χ3v) is 3.63. The minimum absolute atomic E-state index is 0.0118. The second-order valence-corrected chi connectivity index (χ2v) is 5.89. The molecule has 0 spiro atoms. The van der Waals surface area contributed by atoms with Gasteiger partial charge in [0, 0.05) is 24.7 Å². The maximum atomic E-state index is 12.3. The fourth-order valence-electron chi connectivity index (χ4n) is 1.78. The first-order valence-corrected chi connectivity index (χ1v) is 7.71. The van der Waals surface area contributed by atoms with Crippen LogP contribution in [-0.2, 0) is 7.05 Å². The molecule has 0 unspecified atom stereocenters. The van der Waals surface area contributed by atoms with Gasteiger partial charge in [-0.15, -0.1) is 11.3 Å². The molecule has 2 N–H and O–H groups in total. The van der Waals surface area contributed by atoms with Gasteiger partial charge in [0.05, 0.1) is 11.3 Å². The summed E-state index contributed by atoms with van der Waals surface area (Å²) in [6.45, 7) is 3.73. The van der Waals surface area contributed by atoms with Gasteiger partial charge in [0.25, 0.3) is 5.91 Å². The van der Waals surface area contributed by atoms with E-state index >= 15 is 0 Å². The second-order valence-electron chi connectivity index (χ2n) is 5.01. The number of thiazole rings is 1. The fourth-order valence-corrected chi connectivity index (χ4v) is 2.51. The van der Waals surface area contributed by atoms with Gasteiger partial charge in [-0.1, -0.05) is 12.1 Å². The average molecular weight is 318 g/mol. The minimum atomic E-state index is -0.390. The van der Waals surface area contributed by atoms with Crippen LogP contribution in [0.4, 0.5) is 10.5 Å². The molecule has 1 heterocycles. The largest absolute Gasteiger partial charge is 0.336 e. The molecular weight excluding hydrogens is 300 g/mol. The Hall–Kier alpha value is -2.41. The Balaban J connectivity index is 2.27. The molecule has 0 saturated heterocycles. The summed E-state index contributed by atoms with van der Waals surface area (Å²) in [7, 11) is 1.82. The molecule has 6 nitrogen and oxygen atoms in total. The van der Waals surface area contributed by atoms with Gasteiger partial charge in [-0.3, -0.25) is 4.79 Å². The Bertz CT molecular complexity index is 746. The van der Waals surface area contributed by atoms with Crippen molar-refractivity contribution in [1.29, 1.82) is 0 Å². The maximum absolute atomic E-state index is 12.3. The second kappa shape index (κ2) is 7.04. The molecule has 1 aromatic heterocycles. The van der Waals surface area contributed by atoms with Crippen LogP contribution in [0, 0.1) is 0 Å². The van der Waals surface area contributed by atoms with Crippen LogP contribution >= 0.6 is 11.3 Å². The highest BCUT2D eigenvalue weighted by Crippen LogP contribution is 2.16. The number of urea groups is 1. The number of anilines is 1. The molecule has 1 aromatic carbocycles. The van der Waals surface area contributed by atoms with E-state index in [9.17, 15) is 9.59 Å². The number of hydrogen-bond donors (Lipinski definition) is 2. The average Bonchev–Trinajstić information content (AvgIpc) is 2.83. The molecule has 0 aliphatic heterocycles. The highest BCUT2D eigenvalue weighted by molar-refractivity contribution is 7.07. The van der Waals surface area contributed by atoms with Crippen molar-refractivity contribution in [3.8, 4) is 0 Å². The van der Waals surface area contributed by atoms with Crippen molar-refractivity contribution in [2.75, 3.05) is 5.32 Å². The monoisotopic (exact) mass is 318 g/mol. The predicted octanol–water partition coefficient (Wildman–Crippen LogP) is 2.36. The van der Waals surface area contributed by atoms with Crippen LogP contribution in [0.2, 0.25) is 0 Å². The van der Waals surface area contributed by atoms with Crippen LogP contribution < -0.4 is 15.4 Å². The summed E-state index contributed by atoms with van der Waals surface area (Å²) in [6.07, 6.45) is 1.83. The lowest BCUT2D eigenvalue weighted by molar-refractivity contribution is 0.0998. The van der Waals surface area contributed by atoms with Crippen molar-refractivity contribution in [3.63, 3.8) is 0 Å². The van der Waals surface area contributed by atoms with E-state index in [0.717, 1.165) is 0 Å². The topological polar surface area (TPSA) is 75.5 Å². The van der Waals surface area contributed by atoms with Crippen molar-refractivity contribution in [3.05, 3.63) is 46.2 Å². The van der Waals surface area contributed by atoms with Crippen molar-refractivity contribution in [1.82, 2.24) is 9.88 Å². The summed E-state index contributed by atoms with van der Waals surface area (Å²) in [4.78, 5) is 28.8. The third-order valence-electron chi connectivity index (χ3n) is 2.78. The van der Waals surface area contributed by atoms with E-state index in [1.54, 1.807) is 28.8 Å². The molecule has 7 heteroatoms. The Morgan fingerprint density at radius 3 is 2.64 bits per heavy atom. The fraction of sp³-hybridized carbons (Fsp3) is 0.267. The molecule has 0 saturated carbocycles. The van der Waals surface area contributed by atoms with Crippen LogP contribution in [0.15, 0.2) is 40.8 Å². The first-order valence-electron chi connectivity index (χ1n) is 6.83. The molecule has 116 valence electrons.